The lowest BCUT2D eigenvalue weighted by Gasteiger charge is -2.03. The molecule has 0 fully saturated rings. The second kappa shape index (κ2) is 8.71. The maximum absolute atomic E-state index is 4.52. The fourth-order valence-electron chi connectivity index (χ4n) is 2.64. The lowest BCUT2D eigenvalue weighted by atomic mass is 10.0. The Hall–Kier alpha value is -2.82. The number of benzene rings is 2. The van der Waals surface area contributed by atoms with E-state index in [1.165, 1.54) is 20.9 Å². The minimum absolute atomic E-state index is 0.907. The molecule has 0 spiro atoms. The van der Waals surface area contributed by atoms with Crippen molar-refractivity contribution in [1.29, 1.82) is 0 Å². The quantitative estimate of drug-likeness (QED) is 0.322. The number of hydrogen-bond acceptors (Lipinski definition) is 4. The predicted molar refractivity (Wildman–Crippen MR) is 119 cm³/mol. The van der Waals surface area contributed by atoms with Crippen LogP contribution in [0.2, 0.25) is 0 Å². The van der Waals surface area contributed by atoms with Gasteiger partial charge in [-0.2, -0.15) is 0 Å². The van der Waals surface area contributed by atoms with Gasteiger partial charge in [-0.3, -0.25) is 9.98 Å². The molecule has 0 saturated carbocycles. The van der Waals surface area contributed by atoms with Crippen molar-refractivity contribution in [2.45, 2.75) is 6.42 Å². The Labute approximate surface area is 167 Å². The molecule has 0 aliphatic rings. The average molecular weight is 387 g/mol. The van der Waals surface area contributed by atoms with Crippen LogP contribution in [0.4, 0.5) is 11.4 Å². The summed E-state index contributed by atoms with van der Waals surface area (Å²) in [4.78, 5) is 11.4. The molecule has 0 N–H and O–H groups in total. The van der Waals surface area contributed by atoms with E-state index in [4.69, 9.17) is 0 Å². The second-order valence-electron chi connectivity index (χ2n) is 6.06. The molecule has 2 aromatic heterocycles. The van der Waals surface area contributed by atoms with E-state index in [0.717, 1.165) is 17.8 Å². The monoisotopic (exact) mass is 386 g/mol. The van der Waals surface area contributed by atoms with Crippen LogP contribution in [0.3, 0.4) is 0 Å². The summed E-state index contributed by atoms with van der Waals surface area (Å²) in [6, 6.07) is 25.0. The van der Waals surface area contributed by atoms with Crippen LogP contribution in [0.15, 0.2) is 93.5 Å². The normalized spacial score (nSPS) is 11.6. The van der Waals surface area contributed by atoms with E-state index in [0.29, 0.717) is 0 Å². The van der Waals surface area contributed by atoms with Crippen molar-refractivity contribution >= 4 is 46.5 Å². The highest BCUT2D eigenvalue weighted by molar-refractivity contribution is 7.12. The van der Waals surface area contributed by atoms with Crippen LogP contribution in [-0.4, -0.2) is 12.4 Å². The summed E-state index contributed by atoms with van der Waals surface area (Å²) in [6.07, 6.45) is 4.73. The van der Waals surface area contributed by atoms with Crippen LogP contribution in [0.1, 0.15) is 20.9 Å². The largest absolute Gasteiger partial charge is 0.255 e. The van der Waals surface area contributed by atoms with Gasteiger partial charge in [-0.05, 0) is 64.7 Å². The Morgan fingerprint density at radius 3 is 1.41 bits per heavy atom. The molecule has 0 bridgehead atoms. The summed E-state index contributed by atoms with van der Waals surface area (Å²) >= 11 is 3.38. The first-order valence-corrected chi connectivity index (χ1v) is 10.4. The highest BCUT2D eigenvalue weighted by Crippen LogP contribution is 2.19. The first-order chi connectivity index (χ1) is 13.3. The van der Waals surface area contributed by atoms with Gasteiger partial charge in [0.1, 0.15) is 0 Å². The van der Waals surface area contributed by atoms with Crippen LogP contribution in [0.5, 0.6) is 0 Å². The van der Waals surface area contributed by atoms with E-state index in [-0.39, 0.29) is 0 Å². The van der Waals surface area contributed by atoms with Crippen LogP contribution in [0, 0.1) is 0 Å². The van der Waals surface area contributed by atoms with Crippen molar-refractivity contribution < 1.29 is 0 Å². The summed E-state index contributed by atoms with van der Waals surface area (Å²) in [5.74, 6) is 0. The number of thiophene rings is 2. The fraction of sp³-hybridized carbons (Fsp3) is 0.0435. The molecule has 2 aromatic carbocycles. The van der Waals surface area contributed by atoms with Crippen LogP contribution < -0.4 is 0 Å². The number of hydrogen-bond donors (Lipinski definition) is 0. The molecule has 0 saturated heterocycles. The molecule has 0 amide bonds. The number of aliphatic imine (C=N–C) groups is 2. The standard InChI is InChI=1S/C23H18N2S2/c1-3-22(26-13-1)16-24-20-9-5-18(6-10-20)15-19-7-11-21(12-8-19)25-17-23-4-2-14-27-23/h1-14,16-17H,15H2. The Morgan fingerprint density at radius 2 is 1.04 bits per heavy atom. The molecule has 0 atom stereocenters. The van der Waals surface area contributed by atoms with Crippen LogP contribution in [0.25, 0.3) is 0 Å². The molecule has 2 heterocycles. The SMILES string of the molecule is C(=Nc1ccc(Cc2ccc(N=Cc3cccs3)cc2)cc1)c1cccs1. The molecule has 4 heteroatoms. The molecule has 132 valence electrons. The topological polar surface area (TPSA) is 24.7 Å². The minimum Gasteiger partial charge on any atom is -0.255 e. The molecule has 27 heavy (non-hydrogen) atoms. The van der Waals surface area contributed by atoms with Gasteiger partial charge in [0.25, 0.3) is 0 Å². The molecule has 0 unspecified atom stereocenters. The first kappa shape index (κ1) is 17.6. The molecule has 0 aliphatic heterocycles. The van der Waals surface area contributed by atoms with E-state index in [9.17, 15) is 0 Å². The first-order valence-electron chi connectivity index (χ1n) is 8.68. The van der Waals surface area contributed by atoms with Crippen molar-refractivity contribution in [1.82, 2.24) is 0 Å². The molecule has 4 rings (SSSR count). The molecular formula is C23H18N2S2. The summed E-state index contributed by atoms with van der Waals surface area (Å²) in [7, 11) is 0. The highest BCUT2D eigenvalue weighted by atomic mass is 32.1. The fourth-order valence-corrected chi connectivity index (χ4v) is 3.81. The molecule has 2 nitrogen and oxygen atoms in total. The van der Waals surface area contributed by atoms with E-state index in [1.807, 2.05) is 24.6 Å². The maximum atomic E-state index is 4.52. The minimum atomic E-state index is 0.907. The zero-order chi connectivity index (χ0) is 18.3. The summed E-state index contributed by atoms with van der Waals surface area (Å²) in [5.41, 5.74) is 4.51. The van der Waals surface area contributed by atoms with Gasteiger partial charge in [0.05, 0.1) is 11.4 Å². The molecule has 0 aliphatic carbocycles. The third kappa shape index (κ3) is 5.09. The number of nitrogens with zero attached hydrogens (tertiary/aromatic N) is 2. The summed E-state index contributed by atoms with van der Waals surface area (Å²) in [6.45, 7) is 0. The van der Waals surface area contributed by atoms with Crippen molar-refractivity contribution in [2.75, 3.05) is 0 Å². The molecular weight excluding hydrogens is 368 g/mol. The molecule has 0 radical (unpaired) electrons. The maximum Gasteiger partial charge on any atom is 0.0630 e. The number of rotatable bonds is 6. The third-order valence-corrected chi connectivity index (χ3v) is 5.66. The highest BCUT2D eigenvalue weighted by Gasteiger charge is 1.98. The van der Waals surface area contributed by atoms with E-state index < -0.39 is 0 Å². The van der Waals surface area contributed by atoms with Gasteiger partial charge in [0.15, 0.2) is 0 Å². The Kier molecular flexibility index (Phi) is 5.67. The lowest BCUT2D eigenvalue weighted by molar-refractivity contribution is 1.19. The Balaban J connectivity index is 1.37. The van der Waals surface area contributed by atoms with Gasteiger partial charge in [0, 0.05) is 22.2 Å². The van der Waals surface area contributed by atoms with Gasteiger partial charge >= 0.3 is 0 Å². The Morgan fingerprint density at radius 1 is 0.593 bits per heavy atom. The zero-order valence-electron chi connectivity index (χ0n) is 14.7. The van der Waals surface area contributed by atoms with Gasteiger partial charge in [-0.15, -0.1) is 22.7 Å². The zero-order valence-corrected chi connectivity index (χ0v) is 16.3. The predicted octanol–water partition coefficient (Wildman–Crippen LogP) is 6.90. The van der Waals surface area contributed by atoms with Crippen molar-refractivity contribution in [3.05, 3.63) is 104 Å². The van der Waals surface area contributed by atoms with Crippen molar-refractivity contribution in [3.63, 3.8) is 0 Å². The van der Waals surface area contributed by atoms with Crippen molar-refractivity contribution in [2.24, 2.45) is 9.98 Å². The van der Waals surface area contributed by atoms with E-state index in [1.54, 1.807) is 22.7 Å². The van der Waals surface area contributed by atoms with Gasteiger partial charge in [-0.1, -0.05) is 36.4 Å². The van der Waals surface area contributed by atoms with Crippen LogP contribution in [-0.2, 0) is 6.42 Å². The summed E-state index contributed by atoms with van der Waals surface area (Å²) < 4.78 is 0. The Bertz CT molecular complexity index is 925. The van der Waals surface area contributed by atoms with Crippen molar-refractivity contribution in [3.8, 4) is 0 Å². The van der Waals surface area contributed by atoms with Crippen LogP contribution >= 0.6 is 22.7 Å². The van der Waals surface area contributed by atoms with Gasteiger partial charge < -0.3 is 0 Å². The van der Waals surface area contributed by atoms with Gasteiger partial charge in [-0.25, -0.2) is 0 Å². The summed E-state index contributed by atoms with van der Waals surface area (Å²) in [5, 5.41) is 4.12. The second-order valence-corrected chi connectivity index (χ2v) is 8.02. The third-order valence-electron chi connectivity index (χ3n) is 4.05. The smallest absolute Gasteiger partial charge is 0.0630 e. The van der Waals surface area contributed by atoms with E-state index >= 15 is 0 Å². The molecule has 4 aromatic rings. The van der Waals surface area contributed by atoms with Gasteiger partial charge in [0.2, 0.25) is 0 Å². The lowest BCUT2D eigenvalue weighted by Crippen LogP contribution is -1.87. The average Bonchev–Trinajstić information content (AvgIpc) is 3.41. The van der Waals surface area contributed by atoms with E-state index in [2.05, 4.69) is 81.4 Å².